The van der Waals surface area contributed by atoms with E-state index in [1.54, 1.807) is 36.4 Å². The molecule has 8 heteroatoms. The van der Waals surface area contributed by atoms with Crippen LogP contribution < -0.4 is 19.7 Å². The number of benzene rings is 2. The molecule has 0 fully saturated rings. The van der Waals surface area contributed by atoms with E-state index in [1.165, 1.54) is 26.0 Å². The Bertz CT molecular complexity index is 827. The molecule has 0 atom stereocenters. The van der Waals surface area contributed by atoms with Gasteiger partial charge in [-0.2, -0.15) is 0 Å². The molecule has 138 valence electrons. The number of nitrogens with zero attached hydrogens (tertiary/aromatic N) is 1. The quantitative estimate of drug-likeness (QED) is 0.800. The molecular formula is C18H18Cl2N2O4. The van der Waals surface area contributed by atoms with Crippen molar-refractivity contribution in [3.63, 3.8) is 0 Å². The molecule has 0 aliphatic carbocycles. The van der Waals surface area contributed by atoms with Gasteiger partial charge in [0.1, 0.15) is 18.0 Å². The Kier molecular flexibility index (Phi) is 6.71. The number of hydrogen-bond donors (Lipinski definition) is 1. The van der Waals surface area contributed by atoms with Gasteiger partial charge in [-0.25, -0.2) is 0 Å². The van der Waals surface area contributed by atoms with Crippen molar-refractivity contribution in [3.8, 4) is 11.5 Å². The number of methoxy groups -OCH3 is 2. The summed E-state index contributed by atoms with van der Waals surface area (Å²) in [6.45, 7) is 1.17. The van der Waals surface area contributed by atoms with Gasteiger partial charge in [-0.05, 0) is 36.4 Å². The zero-order valence-corrected chi connectivity index (χ0v) is 16.0. The molecule has 0 radical (unpaired) electrons. The van der Waals surface area contributed by atoms with Gasteiger partial charge in [-0.1, -0.05) is 23.2 Å². The maximum absolute atomic E-state index is 12.4. The lowest BCUT2D eigenvalue weighted by molar-refractivity contribution is -0.120. The van der Waals surface area contributed by atoms with E-state index in [9.17, 15) is 9.59 Å². The summed E-state index contributed by atoms with van der Waals surface area (Å²) in [7, 11) is 2.98. The topological polar surface area (TPSA) is 67.9 Å². The van der Waals surface area contributed by atoms with Gasteiger partial charge in [-0.15, -0.1) is 0 Å². The first-order valence-electron chi connectivity index (χ1n) is 7.60. The van der Waals surface area contributed by atoms with Crippen molar-refractivity contribution in [2.45, 2.75) is 6.92 Å². The Morgan fingerprint density at radius 2 is 1.69 bits per heavy atom. The minimum Gasteiger partial charge on any atom is -0.495 e. The first-order valence-corrected chi connectivity index (χ1v) is 8.36. The van der Waals surface area contributed by atoms with Crippen LogP contribution >= 0.6 is 23.2 Å². The summed E-state index contributed by atoms with van der Waals surface area (Å²) in [6, 6.07) is 9.71. The Balaban J connectivity index is 2.20. The molecule has 0 saturated heterocycles. The molecule has 0 spiro atoms. The maximum atomic E-state index is 12.4. The molecule has 2 aromatic rings. The summed E-state index contributed by atoms with van der Waals surface area (Å²) >= 11 is 12.1. The van der Waals surface area contributed by atoms with Crippen LogP contribution in [0.5, 0.6) is 11.5 Å². The van der Waals surface area contributed by atoms with Crippen LogP contribution in [0, 0.1) is 0 Å². The van der Waals surface area contributed by atoms with Gasteiger partial charge in [0.15, 0.2) is 0 Å². The Labute approximate surface area is 161 Å². The highest BCUT2D eigenvalue weighted by molar-refractivity contribution is 6.32. The highest BCUT2D eigenvalue weighted by atomic mass is 35.5. The van der Waals surface area contributed by atoms with Gasteiger partial charge in [0.05, 0.1) is 24.9 Å². The Morgan fingerprint density at radius 1 is 1.04 bits per heavy atom. The van der Waals surface area contributed by atoms with Gasteiger partial charge in [0.25, 0.3) is 0 Å². The van der Waals surface area contributed by atoms with Crippen molar-refractivity contribution in [1.29, 1.82) is 0 Å². The average molecular weight is 397 g/mol. The number of amides is 2. The molecule has 0 saturated carbocycles. The first-order chi connectivity index (χ1) is 12.3. The molecule has 0 unspecified atom stereocenters. The van der Waals surface area contributed by atoms with E-state index < -0.39 is 5.91 Å². The summed E-state index contributed by atoms with van der Waals surface area (Å²) in [5.74, 6) is 0.226. The summed E-state index contributed by atoms with van der Waals surface area (Å²) in [5, 5.41) is 3.49. The summed E-state index contributed by atoms with van der Waals surface area (Å²) < 4.78 is 10.3. The molecule has 0 aromatic heterocycles. The van der Waals surface area contributed by atoms with Crippen LogP contribution in [0.15, 0.2) is 36.4 Å². The third-order valence-corrected chi connectivity index (χ3v) is 4.09. The van der Waals surface area contributed by atoms with Crippen LogP contribution in [0.4, 0.5) is 11.4 Å². The Hall–Kier alpha value is -2.44. The number of halogens is 2. The number of carbonyl (C=O) groups is 2. The number of ether oxygens (including phenoxy) is 2. The lowest BCUT2D eigenvalue weighted by atomic mass is 10.2. The fraction of sp³-hybridized carbons (Fsp3) is 0.222. The van der Waals surface area contributed by atoms with E-state index >= 15 is 0 Å². The summed E-state index contributed by atoms with van der Waals surface area (Å²) in [6.07, 6.45) is 0. The number of hydrogen-bond acceptors (Lipinski definition) is 4. The van der Waals surface area contributed by atoms with Crippen LogP contribution in [0.1, 0.15) is 6.92 Å². The number of nitrogens with one attached hydrogen (secondary N) is 1. The lowest BCUT2D eigenvalue weighted by Gasteiger charge is -2.21. The van der Waals surface area contributed by atoms with Crippen molar-refractivity contribution in [2.24, 2.45) is 0 Å². The predicted molar refractivity (Wildman–Crippen MR) is 103 cm³/mol. The second kappa shape index (κ2) is 8.78. The van der Waals surface area contributed by atoms with Crippen molar-refractivity contribution >= 4 is 46.4 Å². The zero-order chi connectivity index (χ0) is 19.3. The average Bonchev–Trinajstić information content (AvgIpc) is 2.59. The Morgan fingerprint density at radius 3 is 2.27 bits per heavy atom. The van der Waals surface area contributed by atoms with Crippen molar-refractivity contribution in [1.82, 2.24) is 0 Å². The molecule has 0 bridgehead atoms. The molecule has 0 aliphatic heterocycles. The second-order valence-electron chi connectivity index (χ2n) is 5.32. The third kappa shape index (κ3) is 4.80. The van der Waals surface area contributed by atoms with E-state index in [-0.39, 0.29) is 12.5 Å². The standard InChI is InChI=1S/C18H18Cl2N2O4/c1-11(23)22(13-5-7-16(25-2)14(20)9-13)10-18(24)21-15-8-12(19)4-6-17(15)26-3/h4-9H,10H2,1-3H3,(H,21,24). The molecule has 26 heavy (non-hydrogen) atoms. The number of anilines is 2. The monoisotopic (exact) mass is 396 g/mol. The molecule has 2 amide bonds. The zero-order valence-electron chi connectivity index (χ0n) is 14.5. The first kappa shape index (κ1) is 19.9. The lowest BCUT2D eigenvalue weighted by Crippen LogP contribution is -2.36. The van der Waals surface area contributed by atoms with Gasteiger partial charge < -0.3 is 19.7 Å². The van der Waals surface area contributed by atoms with Gasteiger partial charge in [-0.3, -0.25) is 9.59 Å². The summed E-state index contributed by atoms with van der Waals surface area (Å²) in [4.78, 5) is 25.7. The SMILES string of the molecule is COc1ccc(N(CC(=O)Nc2cc(Cl)ccc2OC)C(C)=O)cc1Cl. The normalized spacial score (nSPS) is 10.2. The van der Waals surface area contributed by atoms with Crippen molar-refractivity contribution < 1.29 is 19.1 Å². The van der Waals surface area contributed by atoms with Gasteiger partial charge in [0, 0.05) is 17.6 Å². The molecular weight excluding hydrogens is 379 g/mol. The van der Waals surface area contributed by atoms with Crippen LogP contribution in [0.3, 0.4) is 0 Å². The highest BCUT2D eigenvalue weighted by Gasteiger charge is 2.18. The minimum atomic E-state index is -0.410. The van der Waals surface area contributed by atoms with Crippen LogP contribution in [-0.2, 0) is 9.59 Å². The molecule has 0 heterocycles. The number of carbonyl (C=O) groups excluding carboxylic acids is 2. The second-order valence-corrected chi connectivity index (χ2v) is 6.16. The van der Waals surface area contributed by atoms with Crippen LogP contribution in [0.25, 0.3) is 0 Å². The fourth-order valence-electron chi connectivity index (χ4n) is 2.32. The van der Waals surface area contributed by atoms with Crippen LogP contribution in [-0.4, -0.2) is 32.6 Å². The smallest absolute Gasteiger partial charge is 0.244 e. The van der Waals surface area contributed by atoms with E-state index in [2.05, 4.69) is 5.32 Å². The van der Waals surface area contributed by atoms with Crippen LogP contribution in [0.2, 0.25) is 10.0 Å². The van der Waals surface area contributed by atoms with E-state index in [4.69, 9.17) is 32.7 Å². The van der Waals surface area contributed by atoms with E-state index in [1.807, 2.05) is 0 Å². The van der Waals surface area contributed by atoms with E-state index in [0.717, 1.165) is 0 Å². The molecule has 6 nitrogen and oxygen atoms in total. The number of rotatable bonds is 6. The van der Waals surface area contributed by atoms with Gasteiger partial charge in [0.2, 0.25) is 11.8 Å². The molecule has 2 aromatic carbocycles. The minimum absolute atomic E-state index is 0.201. The largest absolute Gasteiger partial charge is 0.495 e. The summed E-state index contributed by atoms with van der Waals surface area (Å²) in [5.41, 5.74) is 0.901. The predicted octanol–water partition coefficient (Wildman–Crippen LogP) is 4.00. The molecule has 0 aliphatic rings. The molecule has 1 N–H and O–H groups in total. The maximum Gasteiger partial charge on any atom is 0.244 e. The van der Waals surface area contributed by atoms with E-state index in [0.29, 0.717) is 32.9 Å². The van der Waals surface area contributed by atoms with Crippen molar-refractivity contribution in [2.75, 3.05) is 31.0 Å². The highest BCUT2D eigenvalue weighted by Crippen LogP contribution is 2.30. The van der Waals surface area contributed by atoms with Crippen molar-refractivity contribution in [3.05, 3.63) is 46.4 Å². The van der Waals surface area contributed by atoms with Gasteiger partial charge >= 0.3 is 0 Å². The fourth-order valence-corrected chi connectivity index (χ4v) is 2.74. The third-order valence-electron chi connectivity index (χ3n) is 3.56. The molecule has 2 rings (SSSR count).